The van der Waals surface area contributed by atoms with Gasteiger partial charge in [0.1, 0.15) is 0 Å². The zero-order chi connectivity index (χ0) is 12.6. The summed E-state index contributed by atoms with van der Waals surface area (Å²) in [5.41, 5.74) is 1.16. The molecule has 2 aromatic rings. The summed E-state index contributed by atoms with van der Waals surface area (Å²) in [4.78, 5) is 11.5. The fourth-order valence-corrected chi connectivity index (χ4v) is 1.55. The van der Waals surface area contributed by atoms with Gasteiger partial charge in [0.2, 0.25) is 0 Å². The first kappa shape index (κ1) is 12.2. The molecule has 0 atom stereocenters. The molecule has 3 heteroatoms. The van der Waals surface area contributed by atoms with Gasteiger partial charge in [-0.05, 0) is 24.1 Å². The lowest BCUT2D eigenvalue weighted by Crippen LogP contribution is -2.23. The Bertz CT molecular complexity index is 501. The zero-order valence-electron chi connectivity index (χ0n) is 10.0. The lowest BCUT2D eigenvalue weighted by Gasteiger charge is -1.99. The average molecular weight is 241 g/mol. The summed E-state index contributed by atoms with van der Waals surface area (Å²) in [6.45, 7) is 0.600. The molecule has 0 saturated carbocycles. The van der Waals surface area contributed by atoms with E-state index >= 15 is 0 Å². The lowest BCUT2D eigenvalue weighted by atomic mass is 10.2. The first-order valence-electron chi connectivity index (χ1n) is 5.89. The van der Waals surface area contributed by atoms with Crippen molar-refractivity contribution in [3.63, 3.8) is 0 Å². The van der Waals surface area contributed by atoms with Crippen LogP contribution in [-0.4, -0.2) is 12.5 Å². The van der Waals surface area contributed by atoms with Gasteiger partial charge >= 0.3 is 0 Å². The zero-order valence-corrected chi connectivity index (χ0v) is 10.0. The number of carbonyl (C=O) groups excluding carboxylic acids is 1. The van der Waals surface area contributed by atoms with Crippen LogP contribution in [0.25, 0.3) is 6.08 Å². The Kier molecular flexibility index (Phi) is 4.36. The van der Waals surface area contributed by atoms with Gasteiger partial charge in [0.25, 0.3) is 5.91 Å². The average Bonchev–Trinajstić information content (AvgIpc) is 2.93. The molecule has 0 aliphatic carbocycles. The van der Waals surface area contributed by atoms with Crippen LogP contribution in [0.5, 0.6) is 0 Å². The van der Waals surface area contributed by atoms with E-state index in [0.717, 1.165) is 12.0 Å². The highest BCUT2D eigenvalue weighted by atomic mass is 16.3. The Labute approximate surface area is 106 Å². The molecular weight excluding hydrogens is 226 g/mol. The van der Waals surface area contributed by atoms with Crippen LogP contribution in [0.2, 0.25) is 0 Å². The second kappa shape index (κ2) is 6.45. The molecule has 1 N–H and O–H groups in total. The third kappa shape index (κ3) is 3.63. The second-order valence-electron chi connectivity index (χ2n) is 3.83. The van der Waals surface area contributed by atoms with Crippen molar-refractivity contribution in [3.8, 4) is 0 Å². The molecule has 1 aromatic carbocycles. The highest BCUT2D eigenvalue weighted by molar-refractivity contribution is 5.91. The largest absolute Gasteiger partial charge is 0.459 e. The van der Waals surface area contributed by atoms with Gasteiger partial charge in [-0.3, -0.25) is 4.79 Å². The van der Waals surface area contributed by atoms with Crippen LogP contribution in [0.15, 0.2) is 59.2 Å². The summed E-state index contributed by atoms with van der Waals surface area (Å²) in [6.07, 6.45) is 6.36. The van der Waals surface area contributed by atoms with E-state index in [1.807, 2.05) is 42.5 Å². The van der Waals surface area contributed by atoms with E-state index in [1.54, 1.807) is 12.1 Å². The van der Waals surface area contributed by atoms with Crippen molar-refractivity contribution in [3.05, 3.63) is 66.1 Å². The quantitative estimate of drug-likeness (QED) is 0.817. The molecule has 0 fully saturated rings. The van der Waals surface area contributed by atoms with E-state index in [2.05, 4.69) is 5.32 Å². The van der Waals surface area contributed by atoms with Crippen molar-refractivity contribution in [2.24, 2.45) is 0 Å². The molecule has 92 valence electrons. The molecule has 1 aromatic heterocycles. The fourth-order valence-electron chi connectivity index (χ4n) is 1.55. The lowest BCUT2D eigenvalue weighted by molar-refractivity contribution is 0.0926. The number of hydrogen-bond acceptors (Lipinski definition) is 2. The molecule has 0 bridgehead atoms. The van der Waals surface area contributed by atoms with Crippen LogP contribution in [0.1, 0.15) is 22.5 Å². The fraction of sp³-hybridized carbons (Fsp3) is 0.133. The maximum Gasteiger partial charge on any atom is 0.286 e. The summed E-state index contributed by atoms with van der Waals surface area (Å²) in [7, 11) is 0. The van der Waals surface area contributed by atoms with E-state index in [-0.39, 0.29) is 5.91 Å². The van der Waals surface area contributed by atoms with Crippen molar-refractivity contribution in [2.75, 3.05) is 6.54 Å². The molecule has 0 radical (unpaired) electrons. The van der Waals surface area contributed by atoms with Gasteiger partial charge in [0, 0.05) is 6.54 Å². The van der Waals surface area contributed by atoms with Crippen LogP contribution in [-0.2, 0) is 0 Å². The highest BCUT2D eigenvalue weighted by Crippen LogP contribution is 2.02. The number of rotatable bonds is 5. The predicted octanol–water partition coefficient (Wildman–Crippen LogP) is 3.11. The maximum absolute atomic E-state index is 11.5. The first-order valence-corrected chi connectivity index (χ1v) is 5.89. The molecule has 0 unspecified atom stereocenters. The summed E-state index contributed by atoms with van der Waals surface area (Å²) in [6, 6.07) is 13.4. The molecule has 0 aliphatic heterocycles. The highest BCUT2D eigenvalue weighted by Gasteiger charge is 2.05. The minimum absolute atomic E-state index is 0.173. The molecule has 0 saturated heterocycles. The van der Waals surface area contributed by atoms with Gasteiger partial charge in [0.05, 0.1) is 6.26 Å². The number of benzene rings is 1. The summed E-state index contributed by atoms with van der Waals surface area (Å²) >= 11 is 0. The van der Waals surface area contributed by atoms with Gasteiger partial charge in [0.15, 0.2) is 5.76 Å². The van der Waals surface area contributed by atoms with Crippen molar-refractivity contribution in [2.45, 2.75) is 6.42 Å². The summed E-state index contributed by atoms with van der Waals surface area (Å²) in [5.74, 6) is 0.176. The molecule has 18 heavy (non-hydrogen) atoms. The van der Waals surface area contributed by atoms with Crippen molar-refractivity contribution < 1.29 is 9.21 Å². The monoisotopic (exact) mass is 241 g/mol. The first-order chi connectivity index (χ1) is 8.86. The molecule has 1 heterocycles. The maximum atomic E-state index is 11.5. The minimum Gasteiger partial charge on any atom is -0.459 e. The van der Waals surface area contributed by atoms with Crippen LogP contribution < -0.4 is 5.32 Å². The summed E-state index contributed by atoms with van der Waals surface area (Å²) < 4.78 is 4.99. The number of amides is 1. The molecule has 0 spiro atoms. The Hall–Kier alpha value is -2.29. The molecular formula is C15H15NO2. The van der Waals surface area contributed by atoms with E-state index in [4.69, 9.17) is 4.42 Å². The van der Waals surface area contributed by atoms with Crippen LogP contribution in [0.4, 0.5) is 0 Å². The smallest absolute Gasteiger partial charge is 0.286 e. The number of furan rings is 1. The minimum atomic E-state index is -0.173. The Balaban J connectivity index is 1.70. The van der Waals surface area contributed by atoms with Crippen LogP contribution in [0.3, 0.4) is 0 Å². The topological polar surface area (TPSA) is 42.2 Å². The van der Waals surface area contributed by atoms with Crippen molar-refractivity contribution in [1.29, 1.82) is 0 Å². The number of hydrogen-bond donors (Lipinski definition) is 1. The number of carbonyl (C=O) groups is 1. The van der Waals surface area contributed by atoms with Crippen molar-refractivity contribution in [1.82, 2.24) is 5.32 Å². The standard InChI is InChI=1S/C15H15NO2/c17-15(14-10-6-12-18-14)16-11-5-4-9-13-7-2-1-3-8-13/h1-4,6-10,12H,5,11H2,(H,16,17)/b9-4+. The molecule has 1 amide bonds. The third-order valence-electron chi connectivity index (χ3n) is 2.45. The Morgan fingerprint density at radius 1 is 1.17 bits per heavy atom. The SMILES string of the molecule is O=C(NCC/C=C/c1ccccc1)c1ccco1. The normalized spacial score (nSPS) is 10.7. The second-order valence-corrected chi connectivity index (χ2v) is 3.83. The summed E-state index contributed by atoms with van der Waals surface area (Å²) in [5, 5.41) is 2.79. The predicted molar refractivity (Wildman–Crippen MR) is 71.1 cm³/mol. The molecule has 0 aliphatic rings. The van der Waals surface area contributed by atoms with Crippen molar-refractivity contribution >= 4 is 12.0 Å². The number of nitrogens with one attached hydrogen (secondary N) is 1. The van der Waals surface area contributed by atoms with Gasteiger partial charge < -0.3 is 9.73 Å². The Morgan fingerprint density at radius 2 is 2.00 bits per heavy atom. The van der Waals surface area contributed by atoms with E-state index in [1.165, 1.54) is 6.26 Å². The van der Waals surface area contributed by atoms with Gasteiger partial charge in [-0.15, -0.1) is 0 Å². The molecule has 2 rings (SSSR count). The van der Waals surface area contributed by atoms with Gasteiger partial charge in [-0.25, -0.2) is 0 Å². The molecule has 3 nitrogen and oxygen atoms in total. The van der Waals surface area contributed by atoms with E-state index in [0.29, 0.717) is 12.3 Å². The van der Waals surface area contributed by atoms with Gasteiger partial charge in [-0.2, -0.15) is 0 Å². The van der Waals surface area contributed by atoms with Crippen LogP contribution >= 0.6 is 0 Å². The Morgan fingerprint density at radius 3 is 2.72 bits per heavy atom. The van der Waals surface area contributed by atoms with Crippen LogP contribution in [0, 0.1) is 0 Å². The van der Waals surface area contributed by atoms with E-state index < -0.39 is 0 Å². The van der Waals surface area contributed by atoms with E-state index in [9.17, 15) is 4.79 Å². The van der Waals surface area contributed by atoms with Gasteiger partial charge in [-0.1, -0.05) is 42.5 Å². The third-order valence-corrected chi connectivity index (χ3v) is 2.45.